The van der Waals surface area contributed by atoms with Crippen LogP contribution in [0.4, 0.5) is 0 Å². The Bertz CT molecular complexity index is 323. The lowest BCUT2D eigenvalue weighted by atomic mass is 10.4. The van der Waals surface area contributed by atoms with Crippen LogP contribution in [0.15, 0.2) is 0 Å². The maximum Gasteiger partial charge on any atom is 0.350 e. The summed E-state index contributed by atoms with van der Waals surface area (Å²) >= 11 is 1.31. The third-order valence-electron chi connectivity index (χ3n) is 1.64. The van der Waals surface area contributed by atoms with Gasteiger partial charge in [-0.1, -0.05) is 6.92 Å². The molecule has 1 rings (SSSR count). The Kier molecular flexibility index (Phi) is 4.03. The van der Waals surface area contributed by atoms with Crippen molar-refractivity contribution in [3.63, 3.8) is 0 Å². The first kappa shape index (κ1) is 11.1. The second-order valence-corrected chi connectivity index (χ2v) is 3.95. The molecule has 0 bridgehead atoms. The molecule has 0 atom stereocenters. The van der Waals surface area contributed by atoms with Crippen LogP contribution < -0.4 is 5.73 Å². The zero-order valence-corrected chi connectivity index (χ0v) is 9.19. The first-order valence-electron chi connectivity index (χ1n) is 4.52. The topological polar surface area (TPSA) is 65.2 Å². The van der Waals surface area contributed by atoms with E-state index in [9.17, 15) is 4.79 Å². The van der Waals surface area contributed by atoms with Gasteiger partial charge in [-0.05, 0) is 13.3 Å². The lowest BCUT2D eigenvalue weighted by Gasteiger charge is -1.99. The summed E-state index contributed by atoms with van der Waals surface area (Å²) in [7, 11) is 0. The molecule has 0 aromatic carbocycles. The SMILES string of the molecule is CCCOC(=O)c1sc(CN)nc1C. The maximum atomic E-state index is 11.5. The Morgan fingerprint density at radius 3 is 2.86 bits per heavy atom. The fourth-order valence-electron chi connectivity index (χ4n) is 0.989. The quantitative estimate of drug-likeness (QED) is 0.771. The van der Waals surface area contributed by atoms with Gasteiger partial charge in [-0.3, -0.25) is 0 Å². The molecule has 0 radical (unpaired) electrons. The van der Waals surface area contributed by atoms with Crippen molar-refractivity contribution in [2.24, 2.45) is 5.73 Å². The van der Waals surface area contributed by atoms with Crippen molar-refractivity contribution in [3.8, 4) is 0 Å². The number of aromatic nitrogens is 1. The summed E-state index contributed by atoms with van der Waals surface area (Å²) in [6, 6.07) is 0. The fraction of sp³-hybridized carbons (Fsp3) is 0.556. The zero-order valence-electron chi connectivity index (χ0n) is 8.37. The van der Waals surface area contributed by atoms with Gasteiger partial charge in [0.15, 0.2) is 0 Å². The van der Waals surface area contributed by atoms with Gasteiger partial charge in [-0.25, -0.2) is 9.78 Å². The molecule has 0 fully saturated rings. The van der Waals surface area contributed by atoms with Crippen molar-refractivity contribution in [1.29, 1.82) is 0 Å². The standard InChI is InChI=1S/C9H14N2O2S/c1-3-4-13-9(12)8-6(2)11-7(5-10)14-8/h3-5,10H2,1-2H3. The minimum Gasteiger partial charge on any atom is -0.461 e. The van der Waals surface area contributed by atoms with Crippen molar-refractivity contribution in [3.05, 3.63) is 15.6 Å². The zero-order chi connectivity index (χ0) is 10.6. The van der Waals surface area contributed by atoms with E-state index < -0.39 is 0 Å². The predicted molar refractivity (Wildman–Crippen MR) is 55.3 cm³/mol. The van der Waals surface area contributed by atoms with Crippen LogP contribution in [-0.4, -0.2) is 17.6 Å². The number of thiazole rings is 1. The summed E-state index contributed by atoms with van der Waals surface area (Å²) in [5.74, 6) is -0.290. The van der Waals surface area contributed by atoms with Crippen LogP contribution in [0.3, 0.4) is 0 Å². The molecule has 0 aliphatic heterocycles. The van der Waals surface area contributed by atoms with Crippen LogP contribution in [0.2, 0.25) is 0 Å². The first-order chi connectivity index (χ1) is 6.69. The number of nitrogens with zero attached hydrogens (tertiary/aromatic N) is 1. The maximum absolute atomic E-state index is 11.5. The summed E-state index contributed by atoms with van der Waals surface area (Å²) in [6.45, 7) is 4.57. The molecule has 14 heavy (non-hydrogen) atoms. The monoisotopic (exact) mass is 214 g/mol. The van der Waals surface area contributed by atoms with Gasteiger partial charge in [0.2, 0.25) is 0 Å². The minimum absolute atomic E-state index is 0.290. The number of esters is 1. The third-order valence-corrected chi connectivity index (χ3v) is 2.80. The number of ether oxygens (including phenoxy) is 1. The second kappa shape index (κ2) is 5.07. The van der Waals surface area contributed by atoms with E-state index in [0.717, 1.165) is 11.4 Å². The molecule has 1 aromatic heterocycles. The Morgan fingerprint density at radius 2 is 2.36 bits per heavy atom. The van der Waals surface area contributed by atoms with Crippen LogP contribution in [0.1, 0.15) is 33.7 Å². The Balaban J connectivity index is 2.73. The largest absolute Gasteiger partial charge is 0.461 e. The molecule has 1 aromatic rings. The van der Waals surface area contributed by atoms with E-state index in [1.807, 2.05) is 6.92 Å². The highest BCUT2D eigenvalue weighted by Crippen LogP contribution is 2.18. The van der Waals surface area contributed by atoms with Crippen LogP contribution in [0, 0.1) is 6.92 Å². The molecule has 0 amide bonds. The minimum atomic E-state index is -0.290. The van der Waals surface area contributed by atoms with Crippen molar-refractivity contribution >= 4 is 17.3 Å². The van der Waals surface area contributed by atoms with E-state index in [1.165, 1.54) is 11.3 Å². The van der Waals surface area contributed by atoms with E-state index >= 15 is 0 Å². The summed E-state index contributed by atoms with van der Waals surface area (Å²) in [5.41, 5.74) is 6.13. The van der Waals surface area contributed by atoms with Crippen LogP contribution in [0.25, 0.3) is 0 Å². The third kappa shape index (κ3) is 2.52. The molecule has 0 aliphatic rings. The second-order valence-electron chi connectivity index (χ2n) is 2.86. The van der Waals surface area contributed by atoms with Crippen LogP contribution in [-0.2, 0) is 11.3 Å². The van der Waals surface area contributed by atoms with Gasteiger partial charge in [0.25, 0.3) is 0 Å². The smallest absolute Gasteiger partial charge is 0.350 e. The van der Waals surface area contributed by atoms with Gasteiger partial charge in [0.05, 0.1) is 12.3 Å². The van der Waals surface area contributed by atoms with Crippen molar-refractivity contribution in [2.75, 3.05) is 6.61 Å². The van der Waals surface area contributed by atoms with E-state index in [0.29, 0.717) is 23.7 Å². The van der Waals surface area contributed by atoms with Crippen molar-refractivity contribution < 1.29 is 9.53 Å². The number of rotatable bonds is 4. The molecule has 0 unspecified atom stereocenters. The van der Waals surface area contributed by atoms with Crippen molar-refractivity contribution in [2.45, 2.75) is 26.8 Å². The van der Waals surface area contributed by atoms with Gasteiger partial charge in [0, 0.05) is 6.54 Å². The van der Waals surface area contributed by atoms with E-state index in [4.69, 9.17) is 10.5 Å². The summed E-state index contributed by atoms with van der Waals surface area (Å²) in [6.07, 6.45) is 0.827. The molecular formula is C9H14N2O2S. The molecule has 2 N–H and O–H groups in total. The lowest BCUT2D eigenvalue weighted by molar-refractivity contribution is 0.0510. The number of nitrogens with two attached hydrogens (primary N) is 1. The molecule has 5 heteroatoms. The van der Waals surface area contributed by atoms with Crippen LogP contribution in [0.5, 0.6) is 0 Å². The van der Waals surface area contributed by atoms with Gasteiger partial charge < -0.3 is 10.5 Å². The fourth-order valence-corrected chi connectivity index (χ4v) is 1.83. The lowest BCUT2D eigenvalue weighted by Crippen LogP contribution is -2.05. The van der Waals surface area contributed by atoms with Gasteiger partial charge in [-0.15, -0.1) is 11.3 Å². The predicted octanol–water partition coefficient (Wildman–Crippen LogP) is 1.48. The molecule has 0 spiro atoms. The normalized spacial score (nSPS) is 10.2. The highest BCUT2D eigenvalue weighted by Gasteiger charge is 2.15. The van der Waals surface area contributed by atoms with E-state index in [1.54, 1.807) is 6.92 Å². The van der Waals surface area contributed by atoms with Gasteiger partial charge >= 0.3 is 5.97 Å². The summed E-state index contributed by atoms with van der Waals surface area (Å²) < 4.78 is 5.01. The van der Waals surface area contributed by atoms with Crippen molar-refractivity contribution in [1.82, 2.24) is 4.98 Å². The van der Waals surface area contributed by atoms with E-state index in [2.05, 4.69) is 4.98 Å². The molecular weight excluding hydrogens is 200 g/mol. The molecule has 78 valence electrons. The first-order valence-corrected chi connectivity index (χ1v) is 5.34. The van der Waals surface area contributed by atoms with Crippen LogP contribution >= 0.6 is 11.3 Å². The molecule has 0 saturated carbocycles. The average Bonchev–Trinajstić information content (AvgIpc) is 2.56. The van der Waals surface area contributed by atoms with Gasteiger partial charge in [0.1, 0.15) is 9.88 Å². The van der Waals surface area contributed by atoms with Gasteiger partial charge in [-0.2, -0.15) is 0 Å². The Morgan fingerprint density at radius 1 is 1.64 bits per heavy atom. The number of carbonyl (C=O) groups excluding carboxylic acids is 1. The molecule has 0 saturated heterocycles. The summed E-state index contributed by atoms with van der Waals surface area (Å²) in [5, 5.41) is 0.769. The highest BCUT2D eigenvalue weighted by atomic mass is 32.1. The molecule has 4 nitrogen and oxygen atoms in total. The number of aryl methyl sites for hydroxylation is 1. The Hall–Kier alpha value is -0.940. The molecule has 1 heterocycles. The highest BCUT2D eigenvalue weighted by molar-refractivity contribution is 7.13. The Labute approximate surface area is 87.1 Å². The number of carbonyl (C=O) groups is 1. The average molecular weight is 214 g/mol. The molecule has 0 aliphatic carbocycles. The number of hydrogen-bond donors (Lipinski definition) is 1. The summed E-state index contributed by atoms with van der Waals surface area (Å²) in [4.78, 5) is 16.2. The number of hydrogen-bond acceptors (Lipinski definition) is 5. The van der Waals surface area contributed by atoms with E-state index in [-0.39, 0.29) is 5.97 Å².